The van der Waals surface area contributed by atoms with Crippen LogP contribution in [-0.2, 0) is 52.3 Å². The van der Waals surface area contributed by atoms with Gasteiger partial charge in [0.2, 0.25) is 0 Å². The number of hydrogen-bond donors (Lipinski definition) is 5. The number of cyclic esters (lactones) is 1. The van der Waals surface area contributed by atoms with E-state index in [0.29, 0.717) is 6.42 Å². The van der Waals surface area contributed by atoms with Gasteiger partial charge < -0.3 is 63.6 Å². The van der Waals surface area contributed by atoms with Crippen LogP contribution in [0.5, 0.6) is 0 Å². The zero-order chi connectivity index (χ0) is 44.9. The lowest BCUT2D eigenvalue weighted by molar-refractivity contribution is -0.318. The summed E-state index contributed by atoms with van der Waals surface area (Å²) in [5, 5.41) is 56.1. The zero-order valence-electron chi connectivity index (χ0n) is 37.3. The summed E-state index contributed by atoms with van der Waals surface area (Å²) in [4.78, 5) is 53.8. The molecule has 3 heterocycles. The molecule has 0 radical (unpaired) electrons. The summed E-state index contributed by atoms with van der Waals surface area (Å²) in [5.74, 6) is -6.97. The summed E-state index contributed by atoms with van der Waals surface area (Å²) in [5.41, 5.74) is -5.09. The van der Waals surface area contributed by atoms with Crippen molar-refractivity contribution in [2.75, 3.05) is 21.2 Å². The number of carbonyl (C=O) groups is 4. The van der Waals surface area contributed by atoms with Gasteiger partial charge in [-0.1, -0.05) is 27.7 Å². The zero-order valence-corrected chi connectivity index (χ0v) is 37.3. The molecule has 0 aromatic heterocycles. The molecule has 3 aliphatic heterocycles. The Labute approximate surface area is 349 Å². The molecule has 17 nitrogen and oxygen atoms in total. The Balaban J connectivity index is 2.13. The van der Waals surface area contributed by atoms with Crippen LogP contribution >= 0.6 is 0 Å². The van der Waals surface area contributed by atoms with Gasteiger partial charge in [-0.15, -0.1) is 0 Å². The number of ketones is 1. The molecular weight excluding hydrogens is 774 g/mol. The van der Waals surface area contributed by atoms with E-state index >= 15 is 0 Å². The van der Waals surface area contributed by atoms with Gasteiger partial charge in [-0.3, -0.25) is 19.2 Å². The third-order valence-electron chi connectivity index (χ3n) is 12.8. The highest BCUT2D eigenvalue weighted by atomic mass is 16.7. The van der Waals surface area contributed by atoms with Gasteiger partial charge in [0.1, 0.15) is 29.2 Å². The van der Waals surface area contributed by atoms with E-state index in [1.54, 1.807) is 41.5 Å². The molecule has 0 aliphatic carbocycles. The maximum absolute atomic E-state index is 14.3. The fourth-order valence-corrected chi connectivity index (χ4v) is 9.20. The number of esters is 2. The molecule has 3 rings (SSSR count). The maximum atomic E-state index is 14.3. The minimum atomic E-state index is -2.05. The molecule has 5 N–H and O–H groups in total. The highest BCUT2D eigenvalue weighted by Gasteiger charge is 2.54. The number of likely N-dealkylation sites (N-methyl/N-ethyl adjacent to an activating group) is 1. The van der Waals surface area contributed by atoms with Crippen molar-refractivity contribution < 1.29 is 77.9 Å². The SMILES string of the molecule is CC[C@@H]1OC(=O)[C@H](C)[C@H](O[C@@H]2C[C@](C)(OC)[C@H](OC(=O)CCCC(=O)O)[C@H](C)O2)[C@H](C)[C@H](O[C@@H]2O[C@H](C)C[C@H](N(C)C)[C@@H]2O)[C@](C)(O)C[C@H](C)C(=O)[C@H](C)[C@@H](O)[C@@]1(C)O. The van der Waals surface area contributed by atoms with Gasteiger partial charge >= 0.3 is 17.9 Å². The summed E-state index contributed by atoms with van der Waals surface area (Å²) < 4.78 is 43.5. The summed E-state index contributed by atoms with van der Waals surface area (Å²) in [6.45, 7) is 16.1. The van der Waals surface area contributed by atoms with Crippen molar-refractivity contribution in [3.63, 3.8) is 0 Å². The number of ether oxygens (including phenoxy) is 7. The van der Waals surface area contributed by atoms with E-state index in [9.17, 15) is 39.6 Å². The van der Waals surface area contributed by atoms with Gasteiger partial charge in [-0.25, -0.2) is 0 Å². The molecule has 0 saturated carbocycles. The van der Waals surface area contributed by atoms with Crippen molar-refractivity contribution in [2.45, 2.75) is 198 Å². The Morgan fingerprint density at radius 2 is 1.53 bits per heavy atom. The molecule has 0 aromatic rings. The van der Waals surface area contributed by atoms with Crippen LogP contribution in [0.1, 0.15) is 114 Å². The van der Waals surface area contributed by atoms with Crippen molar-refractivity contribution in [1.82, 2.24) is 4.90 Å². The smallest absolute Gasteiger partial charge is 0.311 e. The van der Waals surface area contributed by atoms with E-state index in [-0.39, 0.29) is 50.7 Å². The summed E-state index contributed by atoms with van der Waals surface area (Å²) in [6.07, 6.45) is -10.8. The van der Waals surface area contributed by atoms with Crippen molar-refractivity contribution in [3.8, 4) is 0 Å². The Bertz CT molecular complexity index is 1420. The van der Waals surface area contributed by atoms with Crippen molar-refractivity contribution in [1.29, 1.82) is 0 Å². The molecular formula is C42H73NO16. The third kappa shape index (κ3) is 12.2. The van der Waals surface area contributed by atoms with Crippen LogP contribution in [0.2, 0.25) is 0 Å². The first-order valence-corrected chi connectivity index (χ1v) is 21.0. The molecule has 3 saturated heterocycles. The largest absolute Gasteiger partial charge is 0.481 e. The van der Waals surface area contributed by atoms with Crippen molar-refractivity contribution >= 4 is 23.7 Å². The minimum absolute atomic E-state index is 0.0117. The van der Waals surface area contributed by atoms with Gasteiger partial charge in [0, 0.05) is 50.2 Å². The van der Waals surface area contributed by atoms with Crippen LogP contribution in [0, 0.1) is 23.7 Å². The molecule has 59 heavy (non-hydrogen) atoms. The van der Waals surface area contributed by atoms with Gasteiger partial charge in [0.05, 0.1) is 42.0 Å². The Kier molecular flexibility index (Phi) is 17.9. The molecule has 0 amide bonds. The lowest BCUT2D eigenvalue weighted by Gasteiger charge is -2.49. The second-order valence-electron chi connectivity index (χ2n) is 18.2. The first-order valence-electron chi connectivity index (χ1n) is 21.0. The molecule has 0 spiro atoms. The molecule has 18 atom stereocenters. The Morgan fingerprint density at radius 3 is 2.08 bits per heavy atom. The van der Waals surface area contributed by atoms with Gasteiger partial charge in [0.25, 0.3) is 0 Å². The maximum Gasteiger partial charge on any atom is 0.311 e. The second kappa shape index (κ2) is 20.7. The van der Waals surface area contributed by atoms with E-state index < -0.39 is 119 Å². The number of Topliss-reactive ketones (excluding diaryl/α,β-unsaturated/α-hetero) is 1. The summed E-state index contributed by atoms with van der Waals surface area (Å²) >= 11 is 0. The van der Waals surface area contributed by atoms with Crippen molar-refractivity contribution in [3.05, 3.63) is 0 Å². The average molecular weight is 848 g/mol. The monoisotopic (exact) mass is 847 g/mol. The number of rotatable bonds is 12. The molecule has 3 fully saturated rings. The lowest BCUT2D eigenvalue weighted by Crippen LogP contribution is -2.61. The number of nitrogens with zero attached hydrogens (tertiary/aromatic N) is 1. The first-order chi connectivity index (χ1) is 27.2. The highest BCUT2D eigenvalue weighted by molar-refractivity contribution is 5.83. The predicted molar refractivity (Wildman–Crippen MR) is 212 cm³/mol. The molecule has 0 aromatic carbocycles. The van der Waals surface area contributed by atoms with E-state index in [0.717, 1.165) is 0 Å². The number of aliphatic carboxylic acids is 1. The number of methoxy groups -OCH3 is 1. The normalized spacial score (nSPS) is 44.4. The van der Waals surface area contributed by atoms with Crippen LogP contribution in [0.25, 0.3) is 0 Å². The fourth-order valence-electron chi connectivity index (χ4n) is 9.20. The summed E-state index contributed by atoms with van der Waals surface area (Å²) in [7, 11) is 5.10. The second-order valence-corrected chi connectivity index (χ2v) is 18.2. The van der Waals surface area contributed by atoms with Gasteiger partial charge in [-0.05, 0) is 81.3 Å². The molecule has 17 heteroatoms. The van der Waals surface area contributed by atoms with E-state index in [2.05, 4.69) is 0 Å². The van der Waals surface area contributed by atoms with E-state index in [1.165, 1.54) is 27.9 Å². The van der Waals surface area contributed by atoms with Crippen LogP contribution in [0.4, 0.5) is 0 Å². The molecule has 3 aliphatic rings. The molecule has 342 valence electrons. The number of carbonyl (C=O) groups excluding carboxylic acids is 3. The lowest BCUT2D eigenvalue weighted by atomic mass is 9.74. The first kappa shape index (κ1) is 51.0. The average Bonchev–Trinajstić information content (AvgIpc) is 3.14. The summed E-state index contributed by atoms with van der Waals surface area (Å²) in [6, 6.07) is -0.367. The Hall–Kier alpha value is -2.32. The number of carboxylic acids is 1. The number of aliphatic hydroxyl groups is 4. The predicted octanol–water partition coefficient (Wildman–Crippen LogP) is 2.59. The highest BCUT2D eigenvalue weighted by Crippen LogP contribution is 2.41. The standard InChI is InChI=1S/C42H73NO16/c1-14-28-42(10,52)35(49)23(4)32(47)21(2)19-40(8,51)36(59-39-33(48)27(43(11)12)18-22(3)54-39)24(5)34(25(6)38(50)56-28)58-31-20-41(9,53-13)37(26(7)55-31)57-30(46)17-15-16-29(44)45/h21-28,31,33-37,39,48-49,51-52H,14-20H2,1-13H3,(H,44,45)/t21-,22+,23-,24-,25+,26-,27-,28-,31+,33-,34+,35+,36-,37+,39-,40+,41-,42-/m0/s1. The minimum Gasteiger partial charge on any atom is -0.481 e. The quantitative estimate of drug-likeness (QED) is 0.178. The molecule has 0 unspecified atom stereocenters. The van der Waals surface area contributed by atoms with E-state index in [1.807, 2.05) is 25.9 Å². The third-order valence-corrected chi connectivity index (χ3v) is 12.8. The van der Waals surface area contributed by atoms with Crippen LogP contribution in [-0.4, -0.2) is 160 Å². The number of aliphatic hydroxyl groups excluding tert-OH is 2. The van der Waals surface area contributed by atoms with Crippen LogP contribution in [0.15, 0.2) is 0 Å². The van der Waals surface area contributed by atoms with Gasteiger partial charge in [-0.2, -0.15) is 0 Å². The van der Waals surface area contributed by atoms with Crippen LogP contribution < -0.4 is 0 Å². The van der Waals surface area contributed by atoms with Crippen molar-refractivity contribution in [2.24, 2.45) is 23.7 Å². The Morgan fingerprint density at radius 1 is 0.898 bits per heavy atom. The van der Waals surface area contributed by atoms with Gasteiger partial charge in [0.15, 0.2) is 18.7 Å². The number of hydrogen-bond acceptors (Lipinski definition) is 16. The van der Waals surface area contributed by atoms with E-state index in [4.69, 9.17) is 38.3 Å². The topological polar surface area (TPSA) is 237 Å². The fraction of sp³-hybridized carbons (Fsp3) is 0.905. The number of carboxylic acid groups (broad SMARTS) is 1. The molecule has 0 bridgehead atoms. The van der Waals surface area contributed by atoms with Crippen LogP contribution in [0.3, 0.4) is 0 Å².